The predicted octanol–water partition coefficient (Wildman–Crippen LogP) is 3.90. The lowest BCUT2D eigenvalue weighted by Gasteiger charge is -2.00. The summed E-state index contributed by atoms with van der Waals surface area (Å²) in [5, 5.41) is -0.666. The number of hydrogen-bond donors (Lipinski definition) is 0. The standard InChI is InChI=1S/C12H17NO.C4H5ClO3/c1-4-5-10(2)13-11-6-8-12(14-3)9-7-11;1-3(6)8-2-4(5)7/h6-9H,4-5H2,1-3H3;2H2,1H3. The third-order valence-electron chi connectivity index (χ3n) is 2.39. The van der Waals surface area contributed by atoms with Crippen LogP contribution in [0.15, 0.2) is 29.3 Å². The number of hydrogen-bond acceptors (Lipinski definition) is 5. The molecule has 22 heavy (non-hydrogen) atoms. The number of nitrogens with zero attached hydrogens (tertiary/aromatic N) is 1. The Labute approximate surface area is 136 Å². The minimum atomic E-state index is -0.666. The van der Waals surface area contributed by atoms with E-state index in [0.29, 0.717) is 0 Å². The van der Waals surface area contributed by atoms with Crippen LogP contribution in [-0.2, 0) is 14.3 Å². The molecule has 6 heteroatoms. The average Bonchev–Trinajstić information content (AvgIpc) is 2.47. The van der Waals surface area contributed by atoms with Crippen molar-refractivity contribution in [2.24, 2.45) is 4.99 Å². The maximum Gasteiger partial charge on any atom is 0.303 e. The van der Waals surface area contributed by atoms with Crippen LogP contribution in [0.2, 0.25) is 0 Å². The fraction of sp³-hybridized carbons (Fsp3) is 0.438. The maximum absolute atomic E-state index is 9.92. The Hall–Kier alpha value is -1.88. The predicted molar refractivity (Wildman–Crippen MR) is 88.2 cm³/mol. The highest BCUT2D eigenvalue weighted by molar-refractivity contribution is 6.64. The first-order valence-corrected chi connectivity index (χ1v) is 7.26. The first-order chi connectivity index (χ1) is 10.4. The zero-order valence-electron chi connectivity index (χ0n) is 13.4. The monoisotopic (exact) mass is 327 g/mol. The molecule has 0 saturated heterocycles. The molecule has 5 nitrogen and oxygen atoms in total. The lowest BCUT2D eigenvalue weighted by molar-refractivity contribution is -0.143. The van der Waals surface area contributed by atoms with E-state index < -0.39 is 11.2 Å². The van der Waals surface area contributed by atoms with Crippen molar-refractivity contribution in [2.45, 2.75) is 33.6 Å². The second kappa shape index (κ2) is 11.7. The Balaban J connectivity index is 0.000000472. The van der Waals surface area contributed by atoms with E-state index in [0.717, 1.165) is 24.3 Å². The number of halogens is 1. The number of carbonyl (C=O) groups is 2. The van der Waals surface area contributed by atoms with Gasteiger partial charge in [0.2, 0.25) is 0 Å². The fourth-order valence-electron chi connectivity index (χ4n) is 1.45. The number of benzene rings is 1. The molecular formula is C16H22ClNO4. The van der Waals surface area contributed by atoms with Gasteiger partial charge in [-0.2, -0.15) is 0 Å². The molecule has 0 heterocycles. The van der Waals surface area contributed by atoms with E-state index in [1.165, 1.54) is 12.6 Å². The summed E-state index contributed by atoms with van der Waals surface area (Å²) in [5.41, 5.74) is 2.18. The number of rotatable bonds is 6. The van der Waals surface area contributed by atoms with Gasteiger partial charge >= 0.3 is 5.97 Å². The van der Waals surface area contributed by atoms with Gasteiger partial charge in [0, 0.05) is 12.6 Å². The lowest BCUT2D eigenvalue weighted by atomic mass is 10.2. The van der Waals surface area contributed by atoms with Crippen molar-refractivity contribution in [3.8, 4) is 5.75 Å². The minimum Gasteiger partial charge on any atom is -0.497 e. The maximum atomic E-state index is 9.92. The van der Waals surface area contributed by atoms with Gasteiger partial charge in [-0.1, -0.05) is 13.3 Å². The zero-order chi connectivity index (χ0) is 17.0. The largest absolute Gasteiger partial charge is 0.497 e. The Kier molecular flexibility index (Phi) is 10.7. The Morgan fingerprint density at radius 1 is 1.18 bits per heavy atom. The summed E-state index contributed by atoms with van der Waals surface area (Å²) in [6.07, 6.45) is 2.21. The van der Waals surface area contributed by atoms with Crippen molar-refractivity contribution in [3.63, 3.8) is 0 Å². The van der Waals surface area contributed by atoms with Crippen molar-refractivity contribution in [2.75, 3.05) is 13.7 Å². The molecule has 0 atom stereocenters. The van der Waals surface area contributed by atoms with Crippen LogP contribution in [0.1, 0.15) is 33.6 Å². The molecule has 0 aliphatic heterocycles. The van der Waals surface area contributed by atoms with E-state index >= 15 is 0 Å². The smallest absolute Gasteiger partial charge is 0.303 e. The molecule has 0 aromatic heterocycles. The topological polar surface area (TPSA) is 65.0 Å². The van der Waals surface area contributed by atoms with Crippen LogP contribution in [0.3, 0.4) is 0 Å². The van der Waals surface area contributed by atoms with Crippen molar-refractivity contribution in [1.29, 1.82) is 0 Å². The molecule has 0 saturated carbocycles. The summed E-state index contributed by atoms with van der Waals surface area (Å²) in [6, 6.07) is 7.80. The number of esters is 1. The number of carbonyl (C=O) groups excluding carboxylic acids is 2. The number of ether oxygens (including phenoxy) is 2. The third kappa shape index (κ3) is 10.9. The van der Waals surface area contributed by atoms with E-state index in [9.17, 15) is 9.59 Å². The molecule has 1 rings (SSSR count). The highest BCUT2D eigenvalue weighted by Gasteiger charge is 1.96. The second-order valence-corrected chi connectivity index (χ2v) is 4.85. The SMILES string of the molecule is CC(=O)OCC(=O)Cl.CCCC(C)=Nc1ccc(OC)cc1. The molecule has 0 radical (unpaired) electrons. The molecule has 1 aromatic rings. The van der Waals surface area contributed by atoms with E-state index in [2.05, 4.69) is 23.6 Å². The lowest BCUT2D eigenvalue weighted by Crippen LogP contribution is -2.05. The summed E-state index contributed by atoms with van der Waals surface area (Å²) in [6.45, 7) is 5.09. The zero-order valence-corrected chi connectivity index (χ0v) is 14.1. The van der Waals surface area contributed by atoms with Crippen molar-refractivity contribution >= 4 is 34.2 Å². The van der Waals surface area contributed by atoms with Crippen molar-refractivity contribution in [3.05, 3.63) is 24.3 Å². The number of methoxy groups -OCH3 is 1. The molecule has 0 bridgehead atoms. The fourth-order valence-corrected chi connectivity index (χ4v) is 1.51. The van der Waals surface area contributed by atoms with E-state index in [4.69, 9.17) is 16.3 Å². The van der Waals surface area contributed by atoms with Gasteiger partial charge in [0.05, 0.1) is 12.8 Å². The molecule has 0 amide bonds. The van der Waals surface area contributed by atoms with Gasteiger partial charge in [0.15, 0.2) is 6.61 Å². The molecule has 0 fully saturated rings. The van der Waals surface area contributed by atoms with Crippen LogP contribution in [0.5, 0.6) is 5.75 Å². The van der Waals surface area contributed by atoms with E-state index in [1.807, 2.05) is 24.3 Å². The Morgan fingerprint density at radius 2 is 1.77 bits per heavy atom. The summed E-state index contributed by atoms with van der Waals surface area (Å²) in [5.74, 6) is 0.371. The summed E-state index contributed by atoms with van der Waals surface area (Å²) < 4.78 is 9.26. The molecule has 0 N–H and O–H groups in total. The van der Waals surface area contributed by atoms with Crippen molar-refractivity contribution in [1.82, 2.24) is 0 Å². The Morgan fingerprint density at radius 3 is 2.14 bits per heavy atom. The molecule has 122 valence electrons. The van der Waals surface area contributed by atoms with Gasteiger partial charge in [0.1, 0.15) is 5.75 Å². The van der Waals surface area contributed by atoms with Crippen LogP contribution in [0.25, 0.3) is 0 Å². The number of aliphatic imine (C=N–C) groups is 1. The second-order valence-electron chi connectivity index (χ2n) is 4.43. The normalized spacial score (nSPS) is 10.3. The molecule has 1 aromatic carbocycles. The third-order valence-corrected chi connectivity index (χ3v) is 2.50. The van der Waals surface area contributed by atoms with Crippen LogP contribution in [0, 0.1) is 0 Å². The summed E-state index contributed by atoms with van der Waals surface area (Å²) >= 11 is 4.81. The van der Waals surface area contributed by atoms with Gasteiger partial charge in [-0.15, -0.1) is 0 Å². The highest BCUT2D eigenvalue weighted by Crippen LogP contribution is 2.18. The van der Waals surface area contributed by atoms with Crippen LogP contribution in [0.4, 0.5) is 5.69 Å². The first-order valence-electron chi connectivity index (χ1n) is 6.89. The van der Waals surface area contributed by atoms with E-state index in [-0.39, 0.29) is 6.61 Å². The van der Waals surface area contributed by atoms with Gasteiger partial charge in [0.25, 0.3) is 5.24 Å². The van der Waals surface area contributed by atoms with Gasteiger partial charge in [-0.25, -0.2) is 0 Å². The van der Waals surface area contributed by atoms with Gasteiger partial charge < -0.3 is 9.47 Å². The molecule has 0 aliphatic carbocycles. The van der Waals surface area contributed by atoms with Gasteiger partial charge in [-0.3, -0.25) is 14.6 Å². The first kappa shape index (κ1) is 20.1. The Bertz CT molecular complexity index is 483. The summed E-state index contributed by atoms with van der Waals surface area (Å²) in [7, 11) is 1.67. The van der Waals surface area contributed by atoms with E-state index in [1.54, 1.807) is 7.11 Å². The molecule has 0 unspecified atom stereocenters. The van der Waals surface area contributed by atoms with Gasteiger partial charge in [-0.05, 0) is 49.2 Å². The van der Waals surface area contributed by atoms with Crippen molar-refractivity contribution < 1.29 is 19.1 Å². The van der Waals surface area contributed by atoms with Crippen LogP contribution < -0.4 is 4.74 Å². The summed E-state index contributed by atoms with van der Waals surface area (Å²) in [4.78, 5) is 24.2. The molecule has 0 aliphatic rings. The van der Waals surface area contributed by atoms with Crippen LogP contribution in [-0.4, -0.2) is 30.6 Å². The highest BCUT2D eigenvalue weighted by atomic mass is 35.5. The minimum absolute atomic E-state index is 0.336. The quantitative estimate of drug-likeness (QED) is 0.451. The molecule has 0 spiro atoms. The average molecular weight is 328 g/mol. The van der Waals surface area contributed by atoms with Crippen LogP contribution >= 0.6 is 11.6 Å². The molecular weight excluding hydrogens is 306 g/mol.